The molecule has 0 aromatic heterocycles. The molecule has 1 amide bonds. The lowest BCUT2D eigenvalue weighted by Gasteiger charge is -2.09. The first kappa shape index (κ1) is 17.1. The third kappa shape index (κ3) is 5.22. The fourth-order valence-corrected chi connectivity index (χ4v) is 2.65. The number of benzene rings is 1. The van der Waals surface area contributed by atoms with E-state index < -0.39 is 19.9 Å². The number of nitrogens with one attached hydrogen (secondary N) is 1. The predicted molar refractivity (Wildman–Crippen MR) is 80.0 cm³/mol. The number of halogens is 1. The zero-order chi connectivity index (χ0) is 15.3. The van der Waals surface area contributed by atoms with Gasteiger partial charge in [-0.25, -0.2) is 8.42 Å². The van der Waals surface area contributed by atoms with Crippen LogP contribution < -0.4 is 5.32 Å². The van der Waals surface area contributed by atoms with Crippen LogP contribution in [0.25, 0.3) is 0 Å². The number of hydrogen-bond donors (Lipinski definition) is 1. The molecule has 5 nitrogen and oxygen atoms in total. The van der Waals surface area contributed by atoms with Crippen molar-refractivity contribution in [2.75, 3.05) is 12.8 Å². The second-order valence-corrected chi connectivity index (χ2v) is 8.68. The molecule has 0 saturated carbocycles. The maximum absolute atomic E-state index is 11.8. The summed E-state index contributed by atoms with van der Waals surface area (Å²) >= 11 is 0. The van der Waals surface area contributed by atoms with Crippen LogP contribution in [-0.2, 0) is 19.9 Å². The first-order valence-corrected chi connectivity index (χ1v) is 9.80. The van der Waals surface area contributed by atoms with Gasteiger partial charge < -0.3 is 5.32 Å². The molecule has 0 bridgehead atoms. The maximum atomic E-state index is 11.8. The van der Waals surface area contributed by atoms with E-state index in [1.54, 1.807) is 6.26 Å². The van der Waals surface area contributed by atoms with Gasteiger partial charge in [-0.2, -0.15) is 0 Å². The molecule has 1 aromatic carbocycles. The number of carbonyl (C=O) groups is 1. The molecule has 2 unspecified atom stereocenters. The van der Waals surface area contributed by atoms with E-state index in [0.29, 0.717) is 18.5 Å². The Morgan fingerprint density at radius 2 is 1.90 bits per heavy atom. The number of carbonyl (C=O) groups excluding carboxylic acids is 1. The second-order valence-electron chi connectivity index (χ2n) is 4.32. The van der Waals surface area contributed by atoms with Crippen LogP contribution in [0.1, 0.15) is 23.7 Å². The standard InChI is InChI=1S/C12H16ClNO4S2/c1-9(19(2)16)7-8-14-12(15)10-3-5-11(6-4-10)20(13,17)18/h3-6,9H,7-8H2,1-2H3,(H,14,15). The predicted octanol–water partition coefficient (Wildman–Crippen LogP) is 1.50. The van der Waals surface area contributed by atoms with Crippen molar-refractivity contribution >= 4 is 36.4 Å². The summed E-state index contributed by atoms with van der Waals surface area (Å²) in [5.41, 5.74) is 0.347. The molecule has 1 rings (SSSR count). The van der Waals surface area contributed by atoms with Gasteiger partial charge in [-0.05, 0) is 30.7 Å². The highest BCUT2D eigenvalue weighted by atomic mass is 35.7. The summed E-state index contributed by atoms with van der Waals surface area (Å²) in [5.74, 6) is -0.308. The highest BCUT2D eigenvalue weighted by Crippen LogP contribution is 2.15. The summed E-state index contributed by atoms with van der Waals surface area (Å²) in [6, 6.07) is 5.35. The Morgan fingerprint density at radius 1 is 1.35 bits per heavy atom. The van der Waals surface area contributed by atoms with Crippen molar-refractivity contribution < 1.29 is 17.4 Å². The number of rotatable bonds is 6. The van der Waals surface area contributed by atoms with Crippen LogP contribution >= 0.6 is 10.7 Å². The summed E-state index contributed by atoms with van der Waals surface area (Å²) in [5, 5.41) is 2.70. The highest BCUT2D eigenvalue weighted by molar-refractivity contribution is 8.13. The average molecular weight is 338 g/mol. The molecule has 112 valence electrons. The van der Waals surface area contributed by atoms with Gasteiger partial charge >= 0.3 is 0 Å². The Kier molecular flexibility index (Phi) is 6.16. The van der Waals surface area contributed by atoms with E-state index in [-0.39, 0.29) is 16.1 Å². The average Bonchev–Trinajstić information content (AvgIpc) is 2.37. The SMILES string of the molecule is CC(CCNC(=O)c1ccc(S(=O)(=O)Cl)cc1)S(C)=O. The van der Waals surface area contributed by atoms with E-state index in [9.17, 15) is 17.4 Å². The van der Waals surface area contributed by atoms with Crippen molar-refractivity contribution in [2.45, 2.75) is 23.5 Å². The molecule has 8 heteroatoms. The van der Waals surface area contributed by atoms with E-state index in [4.69, 9.17) is 10.7 Å². The minimum Gasteiger partial charge on any atom is -0.352 e. The molecular formula is C12H16ClNO4S2. The maximum Gasteiger partial charge on any atom is 0.261 e. The van der Waals surface area contributed by atoms with Crippen LogP contribution in [0.15, 0.2) is 29.2 Å². The first-order chi connectivity index (χ1) is 9.21. The lowest BCUT2D eigenvalue weighted by Crippen LogP contribution is -2.27. The van der Waals surface area contributed by atoms with Crippen LogP contribution in [0.3, 0.4) is 0 Å². The molecular weight excluding hydrogens is 322 g/mol. The Balaban J connectivity index is 2.59. The molecule has 0 aliphatic carbocycles. The van der Waals surface area contributed by atoms with Crippen molar-refractivity contribution in [1.29, 1.82) is 0 Å². The summed E-state index contributed by atoms with van der Waals surface area (Å²) in [7, 11) is 0.490. The lowest BCUT2D eigenvalue weighted by atomic mass is 10.2. The van der Waals surface area contributed by atoms with Crippen LogP contribution in [-0.4, -0.2) is 36.6 Å². The van der Waals surface area contributed by atoms with Crippen molar-refractivity contribution in [3.8, 4) is 0 Å². The molecule has 0 spiro atoms. The Labute approximate surface area is 125 Å². The van der Waals surface area contributed by atoms with Crippen molar-refractivity contribution in [3.05, 3.63) is 29.8 Å². The summed E-state index contributed by atoms with van der Waals surface area (Å²) in [4.78, 5) is 11.7. The minimum atomic E-state index is -3.78. The zero-order valence-electron chi connectivity index (χ0n) is 11.1. The second kappa shape index (κ2) is 7.19. The van der Waals surface area contributed by atoms with E-state index in [1.165, 1.54) is 24.3 Å². The fraction of sp³-hybridized carbons (Fsp3) is 0.417. The summed E-state index contributed by atoms with van der Waals surface area (Å²) in [6.45, 7) is 2.26. The van der Waals surface area contributed by atoms with Gasteiger partial charge in [0.05, 0.1) is 4.90 Å². The zero-order valence-corrected chi connectivity index (χ0v) is 13.5. The lowest BCUT2D eigenvalue weighted by molar-refractivity contribution is 0.0953. The Hall–Kier alpha value is -0.920. The van der Waals surface area contributed by atoms with Gasteiger partial charge in [-0.1, -0.05) is 6.92 Å². The van der Waals surface area contributed by atoms with E-state index >= 15 is 0 Å². The van der Waals surface area contributed by atoms with Gasteiger partial charge in [-0.15, -0.1) is 0 Å². The molecule has 2 atom stereocenters. The van der Waals surface area contributed by atoms with Gasteiger partial charge in [0.25, 0.3) is 15.0 Å². The van der Waals surface area contributed by atoms with Gasteiger partial charge in [0.2, 0.25) is 0 Å². The minimum absolute atomic E-state index is 0.0130. The van der Waals surface area contributed by atoms with Crippen molar-refractivity contribution in [2.24, 2.45) is 0 Å². The Morgan fingerprint density at radius 3 is 2.35 bits per heavy atom. The topological polar surface area (TPSA) is 80.3 Å². The van der Waals surface area contributed by atoms with Crippen LogP contribution in [0.5, 0.6) is 0 Å². The summed E-state index contributed by atoms with van der Waals surface area (Å²) < 4.78 is 33.3. The van der Waals surface area contributed by atoms with Crippen LogP contribution in [0.2, 0.25) is 0 Å². The monoisotopic (exact) mass is 337 g/mol. The van der Waals surface area contributed by atoms with E-state index in [0.717, 1.165) is 0 Å². The normalized spacial score (nSPS) is 14.6. The summed E-state index contributed by atoms with van der Waals surface area (Å²) in [6.07, 6.45) is 2.24. The molecule has 0 heterocycles. The third-order valence-corrected chi connectivity index (χ3v) is 5.54. The highest BCUT2D eigenvalue weighted by Gasteiger charge is 2.12. The van der Waals surface area contributed by atoms with Crippen LogP contribution in [0.4, 0.5) is 0 Å². The molecule has 20 heavy (non-hydrogen) atoms. The molecule has 1 N–H and O–H groups in total. The van der Waals surface area contributed by atoms with Crippen LogP contribution in [0, 0.1) is 0 Å². The van der Waals surface area contributed by atoms with E-state index in [1.807, 2.05) is 6.92 Å². The molecule has 0 aliphatic rings. The van der Waals surface area contributed by atoms with Gasteiger partial charge in [0.15, 0.2) is 0 Å². The number of amides is 1. The molecule has 0 fully saturated rings. The number of hydrogen-bond acceptors (Lipinski definition) is 4. The smallest absolute Gasteiger partial charge is 0.261 e. The molecule has 1 aromatic rings. The molecule has 0 saturated heterocycles. The third-order valence-electron chi connectivity index (χ3n) is 2.80. The molecule has 0 radical (unpaired) electrons. The quantitative estimate of drug-likeness (QED) is 0.798. The van der Waals surface area contributed by atoms with Crippen molar-refractivity contribution in [3.63, 3.8) is 0 Å². The fourth-order valence-electron chi connectivity index (χ4n) is 1.43. The van der Waals surface area contributed by atoms with Crippen molar-refractivity contribution in [1.82, 2.24) is 5.32 Å². The van der Waals surface area contributed by atoms with Gasteiger partial charge in [0, 0.05) is 45.1 Å². The van der Waals surface area contributed by atoms with Gasteiger partial charge in [-0.3, -0.25) is 9.00 Å². The molecule has 0 aliphatic heterocycles. The largest absolute Gasteiger partial charge is 0.352 e. The first-order valence-electron chi connectivity index (χ1n) is 5.87. The Bertz CT molecular complexity index is 598. The van der Waals surface area contributed by atoms with Gasteiger partial charge in [0.1, 0.15) is 0 Å². The van der Waals surface area contributed by atoms with E-state index in [2.05, 4.69) is 5.32 Å².